The lowest BCUT2D eigenvalue weighted by Crippen LogP contribution is -2.41. The normalized spacial score (nSPS) is 18.9. The van der Waals surface area contributed by atoms with Crippen LogP contribution >= 0.6 is 0 Å². The summed E-state index contributed by atoms with van der Waals surface area (Å²) in [4.78, 5) is 22.7. The third-order valence-corrected chi connectivity index (χ3v) is 5.64. The van der Waals surface area contributed by atoms with Crippen LogP contribution in [0.15, 0.2) is 35.1 Å². The van der Waals surface area contributed by atoms with Gasteiger partial charge in [-0.2, -0.15) is 5.10 Å². The number of imidazole rings is 1. The van der Waals surface area contributed by atoms with Gasteiger partial charge in [-0.15, -0.1) is 10.2 Å². The lowest BCUT2D eigenvalue weighted by atomic mass is 9.99. The molecule has 1 atom stereocenters. The van der Waals surface area contributed by atoms with Crippen LogP contribution < -0.4 is 0 Å². The molecule has 2 aliphatic rings. The van der Waals surface area contributed by atoms with Crippen LogP contribution in [0.1, 0.15) is 64.0 Å². The number of hydrogen-bond acceptors (Lipinski definition) is 6. The summed E-state index contributed by atoms with van der Waals surface area (Å²) in [5, 5.41) is 12.8. The molecule has 4 aromatic heterocycles. The van der Waals surface area contributed by atoms with Gasteiger partial charge in [0.15, 0.2) is 0 Å². The van der Waals surface area contributed by atoms with Gasteiger partial charge in [0.2, 0.25) is 5.89 Å². The minimum Gasteiger partial charge on any atom is -0.417 e. The van der Waals surface area contributed by atoms with Crippen LogP contribution in [0.25, 0.3) is 5.52 Å². The maximum Gasteiger partial charge on any atom is 0.312 e. The first-order valence-electron chi connectivity index (χ1n) is 9.80. The third-order valence-electron chi connectivity index (χ3n) is 5.64. The molecule has 1 aliphatic carbocycles. The van der Waals surface area contributed by atoms with Gasteiger partial charge < -0.3 is 14.3 Å². The summed E-state index contributed by atoms with van der Waals surface area (Å²) in [7, 11) is 0. The Bertz CT molecular complexity index is 1230. The van der Waals surface area contributed by atoms with E-state index in [2.05, 4.69) is 20.2 Å². The van der Waals surface area contributed by atoms with Crippen LogP contribution in [0.4, 0.5) is 0 Å². The van der Waals surface area contributed by atoms with Crippen LogP contribution in [-0.4, -0.2) is 47.1 Å². The summed E-state index contributed by atoms with van der Waals surface area (Å²) in [6.07, 6.45) is 6.41. The molecular formula is C20H19N7O2. The molecule has 1 saturated carbocycles. The maximum atomic E-state index is 13.3. The average molecular weight is 389 g/mol. The molecule has 1 unspecified atom stereocenters. The number of nitrogens with one attached hydrogen (secondary N) is 1. The Morgan fingerprint density at radius 2 is 2.17 bits per heavy atom. The highest BCUT2D eigenvalue weighted by atomic mass is 16.4. The van der Waals surface area contributed by atoms with Gasteiger partial charge in [0.1, 0.15) is 6.04 Å². The predicted molar refractivity (Wildman–Crippen MR) is 101 cm³/mol. The van der Waals surface area contributed by atoms with Crippen molar-refractivity contribution < 1.29 is 9.21 Å². The van der Waals surface area contributed by atoms with Gasteiger partial charge in [-0.05, 0) is 37.5 Å². The fraction of sp³-hybridized carbons (Fsp3) is 0.350. The van der Waals surface area contributed by atoms with E-state index in [1.165, 1.54) is 0 Å². The summed E-state index contributed by atoms with van der Waals surface area (Å²) >= 11 is 0. The fourth-order valence-electron chi connectivity index (χ4n) is 3.98. The van der Waals surface area contributed by atoms with Crippen molar-refractivity contribution in [3.05, 3.63) is 65.1 Å². The molecule has 0 bridgehead atoms. The molecule has 0 spiro atoms. The Balaban J connectivity index is 1.43. The van der Waals surface area contributed by atoms with E-state index in [9.17, 15) is 4.79 Å². The largest absolute Gasteiger partial charge is 0.417 e. The SMILES string of the molecule is Cc1ccc2cc(C3c4nc[nH]c4CCN3C(=O)c3nnc(C4CC4)o3)nn2c1. The molecule has 1 aliphatic heterocycles. The number of H-pyrrole nitrogens is 1. The number of aryl methyl sites for hydroxylation is 1. The van der Waals surface area contributed by atoms with Crippen molar-refractivity contribution >= 4 is 11.4 Å². The number of nitrogens with zero attached hydrogens (tertiary/aromatic N) is 6. The van der Waals surface area contributed by atoms with Crippen LogP contribution in [0.3, 0.4) is 0 Å². The highest BCUT2D eigenvalue weighted by Crippen LogP contribution is 2.39. The Morgan fingerprint density at radius 1 is 1.28 bits per heavy atom. The van der Waals surface area contributed by atoms with Crippen LogP contribution in [-0.2, 0) is 6.42 Å². The number of fused-ring (bicyclic) bond motifs is 2. The fourth-order valence-corrected chi connectivity index (χ4v) is 3.98. The second-order valence-corrected chi connectivity index (χ2v) is 7.78. The van der Waals surface area contributed by atoms with Crippen LogP contribution in [0, 0.1) is 6.92 Å². The monoisotopic (exact) mass is 389 g/mol. The van der Waals surface area contributed by atoms with Crippen molar-refractivity contribution in [2.24, 2.45) is 0 Å². The highest BCUT2D eigenvalue weighted by molar-refractivity contribution is 5.90. The van der Waals surface area contributed by atoms with Crippen molar-refractivity contribution in [1.29, 1.82) is 0 Å². The van der Waals surface area contributed by atoms with Crippen LogP contribution in [0.5, 0.6) is 0 Å². The van der Waals surface area contributed by atoms with E-state index in [4.69, 9.17) is 9.52 Å². The summed E-state index contributed by atoms with van der Waals surface area (Å²) in [5.41, 5.74) is 4.68. The summed E-state index contributed by atoms with van der Waals surface area (Å²) in [5.74, 6) is 0.623. The van der Waals surface area contributed by atoms with Gasteiger partial charge in [-0.3, -0.25) is 4.79 Å². The molecular weight excluding hydrogens is 370 g/mol. The van der Waals surface area contributed by atoms with E-state index < -0.39 is 6.04 Å². The zero-order valence-corrected chi connectivity index (χ0v) is 15.9. The number of aromatic amines is 1. The molecule has 0 saturated heterocycles. The Kier molecular flexibility index (Phi) is 3.41. The van der Waals surface area contributed by atoms with Gasteiger partial charge in [0.25, 0.3) is 0 Å². The third kappa shape index (κ3) is 2.65. The molecule has 146 valence electrons. The molecule has 29 heavy (non-hydrogen) atoms. The van der Waals surface area contributed by atoms with Crippen molar-refractivity contribution in [3.8, 4) is 0 Å². The first kappa shape index (κ1) is 16.5. The van der Waals surface area contributed by atoms with E-state index in [1.54, 1.807) is 11.2 Å². The standard InChI is InChI=1S/C20H19N7O2/c1-11-2-5-13-8-15(25-27(13)9-11)17-16-14(21-10-22-16)6-7-26(17)20(28)19-24-23-18(29-19)12-3-4-12/h2,5,8-10,12,17H,3-4,6-7H2,1H3,(H,21,22). The molecule has 0 radical (unpaired) electrons. The molecule has 4 aromatic rings. The van der Waals surface area contributed by atoms with Crippen molar-refractivity contribution in [2.45, 2.75) is 38.1 Å². The summed E-state index contributed by atoms with van der Waals surface area (Å²) < 4.78 is 7.52. The number of aromatic nitrogens is 6. The second kappa shape index (κ2) is 6.00. The summed E-state index contributed by atoms with van der Waals surface area (Å²) in [6.45, 7) is 2.54. The van der Waals surface area contributed by atoms with Crippen molar-refractivity contribution in [1.82, 2.24) is 34.7 Å². The number of hydrogen-bond donors (Lipinski definition) is 1. The minimum absolute atomic E-state index is 0.0375. The molecule has 9 heteroatoms. The lowest BCUT2D eigenvalue weighted by molar-refractivity contribution is 0.0644. The molecule has 6 rings (SSSR count). The number of pyridine rings is 1. The number of carbonyl (C=O) groups excluding carboxylic acids is 1. The smallest absolute Gasteiger partial charge is 0.312 e. The van der Waals surface area contributed by atoms with Gasteiger partial charge in [-0.1, -0.05) is 6.07 Å². The first-order chi connectivity index (χ1) is 14.2. The van der Waals surface area contributed by atoms with E-state index in [0.717, 1.165) is 41.0 Å². The number of rotatable bonds is 3. The molecule has 5 heterocycles. The van der Waals surface area contributed by atoms with Gasteiger partial charge in [0.05, 0.1) is 23.2 Å². The van der Waals surface area contributed by atoms with E-state index >= 15 is 0 Å². The number of amides is 1. The van der Waals surface area contributed by atoms with Gasteiger partial charge in [-0.25, -0.2) is 9.50 Å². The molecule has 9 nitrogen and oxygen atoms in total. The average Bonchev–Trinajstić information content (AvgIpc) is 3.13. The Labute approximate surface area is 165 Å². The van der Waals surface area contributed by atoms with Crippen LogP contribution in [0.2, 0.25) is 0 Å². The molecule has 0 aromatic carbocycles. The topological polar surface area (TPSA) is 105 Å². The van der Waals surface area contributed by atoms with E-state index in [1.807, 2.05) is 35.8 Å². The molecule has 1 amide bonds. The second-order valence-electron chi connectivity index (χ2n) is 7.78. The van der Waals surface area contributed by atoms with Crippen molar-refractivity contribution in [3.63, 3.8) is 0 Å². The Hall–Kier alpha value is -3.49. The summed E-state index contributed by atoms with van der Waals surface area (Å²) in [6, 6.07) is 5.65. The Morgan fingerprint density at radius 3 is 3.03 bits per heavy atom. The maximum absolute atomic E-state index is 13.3. The van der Waals surface area contributed by atoms with E-state index in [-0.39, 0.29) is 11.8 Å². The first-order valence-corrected chi connectivity index (χ1v) is 9.80. The molecule has 1 N–H and O–H groups in total. The quantitative estimate of drug-likeness (QED) is 0.577. The van der Waals surface area contributed by atoms with Gasteiger partial charge in [0, 0.05) is 30.8 Å². The van der Waals surface area contributed by atoms with Crippen molar-refractivity contribution in [2.75, 3.05) is 6.54 Å². The van der Waals surface area contributed by atoms with Gasteiger partial charge >= 0.3 is 11.8 Å². The minimum atomic E-state index is -0.408. The van der Waals surface area contributed by atoms with E-state index in [0.29, 0.717) is 24.8 Å². The number of carbonyl (C=O) groups is 1. The lowest BCUT2D eigenvalue weighted by Gasteiger charge is -2.32. The zero-order valence-electron chi connectivity index (χ0n) is 15.9. The predicted octanol–water partition coefficient (Wildman–Crippen LogP) is 2.41. The molecule has 1 fully saturated rings. The zero-order chi connectivity index (χ0) is 19.5. The highest BCUT2D eigenvalue weighted by Gasteiger charge is 2.39.